The molecule has 7 rings (SSSR count). The smallest absolute Gasteiger partial charge is 0.306 e. The molecule has 2 fully saturated rings. The Kier molecular flexibility index (Phi) is 20.2. The van der Waals surface area contributed by atoms with Crippen molar-refractivity contribution in [2.45, 2.75) is 125 Å². The molecule has 372 valence electrons. The molecule has 2 aliphatic heterocycles. The van der Waals surface area contributed by atoms with E-state index >= 15 is 0 Å². The maximum atomic E-state index is 13.7. The summed E-state index contributed by atoms with van der Waals surface area (Å²) in [6.07, 6.45) is -11.5. The zero-order valence-corrected chi connectivity index (χ0v) is 41.2. The van der Waals surface area contributed by atoms with E-state index < -0.39 is 77.1 Å². The van der Waals surface area contributed by atoms with E-state index in [4.69, 9.17) is 87.6 Å². The van der Waals surface area contributed by atoms with Gasteiger partial charge in [0.2, 0.25) is 12.2 Å². The number of hydrogen-bond acceptors (Lipinski definition) is 13. The standard InChI is InChI=1S/C54H58Cl3NO12/c1-36(59)28-29-44(60)68-50-48(45(62-31-39-20-10-4-11-21-39)37(2)66-52(50)70-53(58)54(55,56)57)69-51-49(65-34-42-26-16-7-17-27-42)47(64-33-41-24-14-6-15-25-41)46(63-32-40-22-12-5-13-23-40)43(67-51)35-61-30-38-18-8-3-9-19-38/h3-27,37,43,45-52,58H,28-35H2,1-2H3/t37-,43+,45-,46+,47-,48+,49+,50+,51+,52-/m0/s1. The third kappa shape index (κ3) is 15.9. The van der Waals surface area contributed by atoms with E-state index in [1.54, 1.807) is 6.92 Å². The minimum atomic E-state index is -2.32. The Labute approximate surface area is 423 Å². The molecule has 0 spiro atoms. The van der Waals surface area contributed by atoms with Crippen molar-refractivity contribution in [1.82, 2.24) is 0 Å². The van der Waals surface area contributed by atoms with Gasteiger partial charge in [0, 0.05) is 6.42 Å². The van der Waals surface area contributed by atoms with Gasteiger partial charge in [0.1, 0.15) is 42.4 Å². The number of halogens is 3. The third-order valence-electron chi connectivity index (χ3n) is 11.6. The molecule has 0 aromatic heterocycles. The van der Waals surface area contributed by atoms with Crippen molar-refractivity contribution >= 4 is 52.5 Å². The van der Waals surface area contributed by atoms with Crippen LogP contribution in [0.25, 0.3) is 0 Å². The van der Waals surface area contributed by atoms with Gasteiger partial charge in [-0.1, -0.05) is 186 Å². The Balaban J connectivity index is 1.32. The zero-order chi connectivity index (χ0) is 49.3. The number of carbonyl (C=O) groups is 2. The number of esters is 1. The number of Topliss-reactive ketones (excluding diaryl/α,β-unsaturated/α-hetero) is 1. The SMILES string of the molecule is CC(=O)CCC(=O)O[C@H]1[C@H](OC(=N)C(Cl)(Cl)Cl)O[C@@H](C)[C@H](OCc2ccccc2)[C@H]1O[C@H]1O[C@H](COCc2ccccc2)[C@@H](OCc2ccccc2)[C@H](OCc2ccccc2)[C@H]1OCc1ccccc1. The Morgan fingerprint density at radius 3 is 1.40 bits per heavy atom. The van der Waals surface area contributed by atoms with Gasteiger partial charge in [-0.15, -0.1) is 0 Å². The number of nitrogens with one attached hydrogen (secondary N) is 1. The van der Waals surface area contributed by atoms with Crippen LogP contribution in [0.3, 0.4) is 0 Å². The Morgan fingerprint density at radius 2 is 0.943 bits per heavy atom. The first-order chi connectivity index (χ1) is 33.9. The number of carbonyl (C=O) groups excluding carboxylic acids is 2. The number of benzene rings is 5. The predicted molar refractivity (Wildman–Crippen MR) is 263 cm³/mol. The fraction of sp³-hybridized carbons (Fsp3) is 0.389. The highest BCUT2D eigenvalue weighted by Crippen LogP contribution is 2.38. The second-order valence-corrected chi connectivity index (χ2v) is 19.3. The largest absolute Gasteiger partial charge is 0.453 e. The van der Waals surface area contributed by atoms with Crippen LogP contribution >= 0.6 is 34.8 Å². The molecular formula is C54H58Cl3NO12. The Bertz CT molecular complexity index is 2350. The molecule has 2 aliphatic rings. The molecule has 0 unspecified atom stereocenters. The number of ketones is 1. The average molecular weight is 1020 g/mol. The van der Waals surface area contributed by atoms with Crippen molar-refractivity contribution in [3.63, 3.8) is 0 Å². The van der Waals surface area contributed by atoms with Gasteiger partial charge < -0.3 is 52.2 Å². The fourth-order valence-corrected chi connectivity index (χ4v) is 8.16. The van der Waals surface area contributed by atoms with Gasteiger partial charge in [-0.05, 0) is 41.7 Å². The van der Waals surface area contributed by atoms with E-state index in [0.717, 1.165) is 27.8 Å². The maximum absolute atomic E-state index is 13.7. The first-order valence-corrected chi connectivity index (χ1v) is 24.3. The molecular weight excluding hydrogens is 961 g/mol. The van der Waals surface area contributed by atoms with Crippen LogP contribution in [0.2, 0.25) is 0 Å². The van der Waals surface area contributed by atoms with Gasteiger partial charge in [-0.25, -0.2) is 0 Å². The summed E-state index contributed by atoms with van der Waals surface area (Å²) in [5.41, 5.74) is 4.46. The molecule has 2 saturated heterocycles. The van der Waals surface area contributed by atoms with Crippen LogP contribution in [0.5, 0.6) is 0 Å². The van der Waals surface area contributed by atoms with Gasteiger partial charge >= 0.3 is 5.97 Å². The molecule has 0 amide bonds. The van der Waals surface area contributed by atoms with Crippen molar-refractivity contribution in [3.05, 3.63) is 179 Å². The number of hydrogen-bond donors (Lipinski definition) is 1. The van der Waals surface area contributed by atoms with Gasteiger partial charge in [0.15, 0.2) is 12.4 Å². The number of ether oxygens (including phenoxy) is 10. The molecule has 0 bridgehead atoms. The van der Waals surface area contributed by atoms with E-state index in [0.29, 0.717) is 0 Å². The lowest BCUT2D eigenvalue weighted by molar-refractivity contribution is -0.368. The normalized spacial score (nSPS) is 24.6. The minimum absolute atomic E-state index is 0.0263. The fourth-order valence-electron chi connectivity index (χ4n) is 8.03. The summed E-state index contributed by atoms with van der Waals surface area (Å²) in [5, 5.41) is 8.56. The lowest BCUT2D eigenvalue weighted by atomic mass is 9.96. The molecule has 16 heteroatoms. The molecule has 0 radical (unpaired) electrons. The molecule has 10 atom stereocenters. The predicted octanol–water partition coefficient (Wildman–Crippen LogP) is 10.0. The van der Waals surface area contributed by atoms with E-state index in [2.05, 4.69) is 0 Å². The van der Waals surface area contributed by atoms with Crippen molar-refractivity contribution in [2.24, 2.45) is 0 Å². The monoisotopic (exact) mass is 1020 g/mol. The van der Waals surface area contributed by atoms with Gasteiger partial charge in [-0.3, -0.25) is 10.2 Å². The second kappa shape index (κ2) is 26.6. The summed E-state index contributed by atoms with van der Waals surface area (Å²) in [6, 6.07) is 48.3. The van der Waals surface area contributed by atoms with Crippen molar-refractivity contribution in [2.75, 3.05) is 6.61 Å². The highest BCUT2D eigenvalue weighted by atomic mass is 35.6. The van der Waals surface area contributed by atoms with Crippen LogP contribution in [0, 0.1) is 5.41 Å². The topological polar surface area (TPSA) is 150 Å². The molecule has 0 aliphatic carbocycles. The van der Waals surface area contributed by atoms with Crippen molar-refractivity contribution in [3.8, 4) is 0 Å². The maximum Gasteiger partial charge on any atom is 0.306 e. The number of rotatable bonds is 23. The van der Waals surface area contributed by atoms with E-state index in [-0.39, 0.29) is 58.3 Å². The van der Waals surface area contributed by atoms with Gasteiger partial charge in [0.05, 0.1) is 52.2 Å². The lowest BCUT2D eigenvalue weighted by Gasteiger charge is -2.49. The average Bonchev–Trinajstić information content (AvgIpc) is 3.36. The quantitative estimate of drug-likeness (QED) is 0.0287. The Hall–Kier alpha value is -4.74. The van der Waals surface area contributed by atoms with Crippen molar-refractivity contribution < 1.29 is 57.0 Å². The lowest BCUT2D eigenvalue weighted by Crippen LogP contribution is -2.66. The first kappa shape index (κ1) is 53.1. The summed E-state index contributed by atoms with van der Waals surface area (Å²) in [4.78, 5) is 25.8. The third-order valence-corrected chi connectivity index (χ3v) is 12.1. The van der Waals surface area contributed by atoms with Gasteiger partial charge in [0.25, 0.3) is 3.79 Å². The highest BCUT2D eigenvalue weighted by Gasteiger charge is 2.55. The molecule has 5 aromatic rings. The minimum Gasteiger partial charge on any atom is -0.453 e. The van der Waals surface area contributed by atoms with Crippen LogP contribution in [0.15, 0.2) is 152 Å². The summed E-state index contributed by atoms with van der Waals surface area (Å²) in [7, 11) is 0. The molecule has 5 aromatic carbocycles. The molecule has 0 saturated carbocycles. The summed E-state index contributed by atoms with van der Waals surface area (Å²) >= 11 is 18.4. The second-order valence-electron chi connectivity index (χ2n) is 17.0. The van der Waals surface area contributed by atoms with E-state index in [9.17, 15) is 9.59 Å². The summed E-state index contributed by atoms with van der Waals surface area (Å²) in [6.45, 7) is 3.94. The van der Waals surface area contributed by atoms with Crippen LogP contribution < -0.4 is 0 Å². The zero-order valence-electron chi connectivity index (χ0n) is 38.9. The van der Waals surface area contributed by atoms with Crippen molar-refractivity contribution in [1.29, 1.82) is 5.41 Å². The molecule has 70 heavy (non-hydrogen) atoms. The number of alkyl halides is 3. The van der Waals surface area contributed by atoms with Crippen LogP contribution in [-0.4, -0.2) is 89.5 Å². The van der Waals surface area contributed by atoms with Crippen LogP contribution in [-0.2, 0) is 90.0 Å². The van der Waals surface area contributed by atoms with Gasteiger partial charge in [-0.2, -0.15) is 0 Å². The Morgan fingerprint density at radius 1 is 0.514 bits per heavy atom. The van der Waals surface area contributed by atoms with Crippen LogP contribution in [0.4, 0.5) is 0 Å². The van der Waals surface area contributed by atoms with E-state index in [1.165, 1.54) is 6.92 Å². The highest BCUT2D eigenvalue weighted by molar-refractivity contribution is 6.76. The summed E-state index contributed by atoms with van der Waals surface area (Å²) in [5.74, 6) is -1.81. The molecule has 2 heterocycles. The van der Waals surface area contributed by atoms with E-state index in [1.807, 2.05) is 152 Å². The van der Waals surface area contributed by atoms with Crippen LogP contribution in [0.1, 0.15) is 54.5 Å². The first-order valence-electron chi connectivity index (χ1n) is 23.1. The molecule has 13 nitrogen and oxygen atoms in total. The summed E-state index contributed by atoms with van der Waals surface area (Å²) < 4.78 is 64.1. The molecule has 1 N–H and O–H groups in total.